The number of benzene rings is 4. The molecule has 20 nitrogen and oxygen atoms in total. The molecule has 4 aromatic rings. The van der Waals surface area contributed by atoms with Crippen molar-refractivity contribution in [2.75, 3.05) is 26.9 Å². The van der Waals surface area contributed by atoms with Gasteiger partial charge in [0.2, 0.25) is 11.8 Å². The molecule has 9 atom stereocenters. The van der Waals surface area contributed by atoms with Crippen LogP contribution in [-0.4, -0.2) is 128 Å². The van der Waals surface area contributed by atoms with E-state index in [4.69, 9.17) is 49.9 Å². The van der Waals surface area contributed by atoms with Crippen molar-refractivity contribution in [3.8, 4) is 23.0 Å². The molecule has 8 N–H and O–H groups in total. The Hall–Kier alpha value is -7.26. The van der Waals surface area contributed by atoms with Gasteiger partial charge in [-0.15, -0.1) is 0 Å². The molecule has 0 spiro atoms. The minimum atomic E-state index is -1.32. The maximum absolute atomic E-state index is 14.6. The van der Waals surface area contributed by atoms with E-state index in [1.54, 1.807) is 88.5 Å². The Labute approximate surface area is 478 Å². The number of methoxy groups -OCH3 is 1. The minimum Gasteiger partial charge on any atom is -0.485 e. The van der Waals surface area contributed by atoms with Gasteiger partial charge >= 0.3 is 0 Å². The van der Waals surface area contributed by atoms with Crippen LogP contribution in [0.4, 0.5) is 0 Å². The molecule has 0 aliphatic carbocycles. The summed E-state index contributed by atoms with van der Waals surface area (Å²) in [4.78, 5) is 70.3. The average molecular weight is 1130 g/mol. The van der Waals surface area contributed by atoms with Crippen LogP contribution >= 0.6 is 0 Å². The molecule has 0 radical (unpaired) electrons. The Morgan fingerprint density at radius 1 is 0.598 bits per heavy atom. The number of hydrogen-bond acceptors (Lipinski definition) is 16. The summed E-state index contributed by atoms with van der Waals surface area (Å²) >= 11 is 0. The van der Waals surface area contributed by atoms with Gasteiger partial charge in [0.05, 0.1) is 55.8 Å². The number of carbonyl (C=O) groups excluding carboxylic acids is 4. The molecular weight excluding hydrogens is 1050 g/mol. The lowest BCUT2D eigenvalue weighted by Gasteiger charge is -2.45. The van der Waals surface area contributed by atoms with Crippen molar-refractivity contribution >= 4 is 35.5 Å². The number of nitrogens with two attached hydrogens (primary N) is 2. The Bertz CT molecular complexity index is 3230. The molecular formula is C62H78N8O12. The summed E-state index contributed by atoms with van der Waals surface area (Å²) in [6.07, 6.45) is 0.472. The summed E-state index contributed by atoms with van der Waals surface area (Å²) < 4.78 is 38.1. The minimum absolute atomic E-state index is 0.0218. The molecule has 438 valence electrons. The first-order valence-corrected chi connectivity index (χ1v) is 28.5. The van der Waals surface area contributed by atoms with Crippen LogP contribution in [0.15, 0.2) is 94.9 Å². The highest BCUT2D eigenvalue weighted by atomic mass is 16.6. The molecule has 3 unspecified atom stereocenters. The highest BCUT2D eigenvalue weighted by molar-refractivity contribution is 6.01. The van der Waals surface area contributed by atoms with Gasteiger partial charge in [-0.05, 0) is 109 Å². The molecule has 6 aliphatic rings. The molecule has 20 heteroatoms. The van der Waals surface area contributed by atoms with E-state index < -0.39 is 81.7 Å². The first-order valence-electron chi connectivity index (χ1n) is 28.5. The lowest BCUT2D eigenvalue weighted by Crippen LogP contribution is -2.58. The second-order valence-electron chi connectivity index (χ2n) is 24.0. The molecule has 6 heterocycles. The van der Waals surface area contributed by atoms with Gasteiger partial charge in [-0.3, -0.25) is 29.0 Å². The summed E-state index contributed by atoms with van der Waals surface area (Å²) in [6, 6.07) is 21.0. The van der Waals surface area contributed by atoms with Gasteiger partial charge < -0.3 is 60.7 Å². The fourth-order valence-electron chi connectivity index (χ4n) is 13.0. The van der Waals surface area contributed by atoms with Crippen LogP contribution in [0.1, 0.15) is 174 Å². The molecule has 4 amide bonds. The number of aliphatic hydroxyl groups excluding tert-OH is 2. The van der Waals surface area contributed by atoms with Crippen molar-refractivity contribution in [3.05, 3.63) is 118 Å². The largest absolute Gasteiger partial charge is 0.485 e. The zero-order valence-electron chi connectivity index (χ0n) is 48.5. The second kappa shape index (κ2) is 21.5. The Balaban J connectivity index is 0.887. The summed E-state index contributed by atoms with van der Waals surface area (Å²) in [5, 5.41) is 30.0. The topological polar surface area (TPSA) is 271 Å². The molecule has 6 aliphatic heterocycles. The summed E-state index contributed by atoms with van der Waals surface area (Å²) in [7, 11) is 1.55. The lowest BCUT2D eigenvalue weighted by atomic mass is 9.83. The summed E-state index contributed by atoms with van der Waals surface area (Å²) in [5.74, 6) is 0.548. The van der Waals surface area contributed by atoms with Crippen LogP contribution in [0.3, 0.4) is 0 Å². The number of nitrogens with one attached hydrogen (secondary N) is 2. The Morgan fingerprint density at radius 3 is 1.46 bits per heavy atom. The predicted molar refractivity (Wildman–Crippen MR) is 306 cm³/mol. The summed E-state index contributed by atoms with van der Waals surface area (Å²) in [6.45, 7) is 16.9. The van der Waals surface area contributed by atoms with E-state index in [1.165, 1.54) is 9.80 Å². The normalized spacial score (nSPS) is 29.1. The van der Waals surface area contributed by atoms with E-state index in [0.717, 1.165) is 0 Å². The first-order chi connectivity index (χ1) is 38.9. The molecule has 0 aromatic heterocycles. The number of carbonyl (C=O) groups is 4. The highest BCUT2D eigenvalue weighted by Crippen LogP contribution is 2.52. The zero-order chi connectivity index (χ0) is 58.9. The maximum atomic E-state index is 14.6. The van der Waals surface area contributed by atoms with E-state index in [2.05, 4.69) is 10.6 Å². The third-order valence-corrected chi connectivity index (χ3v) is 18.1. The van der Waals surface area contributed by atoms with E-state index in [1.807, 2.05) is 65.8 Å². The molecule has 0 fully saturated rings. The average Bonchev–Trinajstić information content (AvgIpc) is 2.36. The highest BCUT2D eigenvalue weighted by Gasteiger charge is 2.56. The van der Waals surface area contributed by atoms with Crippen LogP contribution in [0.5, 0.6) is 23.0 Å². The predicted octanol–water partition coefficient (Wildman–Crippen LogP) is 7.02. The number of aliphatic imine (C=N–C) groups is 2. The van der Waals surface area contributed by atoms with Crippen molar-refractivity contribution in [1.82, 2.24) is 20.4 Å². The molecule has 10 rings (SSSR count). The van der Waals surface area contributed by atoms with E-state index in [-0.39, 0.29) is 73.9 Å². The standard InChI is InChI=1S/C62H78N8O12/c1-11-61(12-2)31-45(71)69(55(63)67-61)49-39-29-36(23-25-43(39)81-59(49,8)33-77-10)54(76)66-48-38-20-16-18-22-42(38)80-58(7,52(48)74)27-28-78-34-60(9)50(70-46(72)32-62(13-3,14-4)68-56(70)64)40-30-35(24-26-44(40)82-60)53(75)65-47-37-19-15-17-21-41(37)79-57(5,6)51(47)73/h15-26,29-30,47-52,73-74H,11-14,27-28,31-34H2,1-10H3,(H2,63,67)(H2,64,68)(H,65,75)(H,66,76)/t47-,48-,49+,50+,51+,52+,58?,59?,60?/m1/s1. The zero-order valence-corrected chi connectivity index (χ0v) is 48.5. The number of amides is 4. The van der Waals surface area contributed by atoms with Crippen LogP contribution in [0.2, 0.25) is 0 Å². The van der Waals surface area contributed by atoms with E-state index in [0.29, 0.717) is 70.9 Å². The molecule has 0 bridgehead atoms. The number of guanidine groups is 2. The van der Waals surface area contributed by atoms with Gasteiger partial charge in [-0.2, -0.15) is 0 Å². The molecule has 82 heavy (non-hydrogen) atoms. The van der Waals surface area contributed by atoms with Crippen LogP contribution in [0, 0.1) is 0 Å². The number of rotatable bonds is 17. The lowest BCUT2D eigenvalue weighted by molar-refractivity contribution is -0.137. The number of aliphatic hydroxyl groups is 2. The van der Waals surface area contributed by atoms with Crippen molar-refractivity contribution in [3.63, 3.8) is 0 Å². The van der Waals surface area contributed by atoms with Crippen LogP contribution in [-0.2, 0) is 19.1 Å². The summed E-state index contributed by atoms with van der Waals surface area (Å²) in [5.41, 5.74) is 10.2. The number of hydrogen-bond donors (Lipinski definition) is 6. The van der Waals surface area contributed by atoms with E-state index >= 15 is 0 Å². The monoisotopic (exact) mass is 1130 g/mol. The fraction of sp³-hybridized carbons (Fsp3) is 0.516. The fourth-order valence-corrected chi connectivity index (χ4v) is 13.0. The number of ether oxygens (including phenoxy) is 6. The molecule has 0 saturated heterocycles. The van der Waals surface area contributed by atoms with Gasteiger partial charge in [0.25, 0.3) is 11.8 Å². The van der Waals surface area contributed by atoms with Gasteiger partial charge in [0.1, 0.15) is 58.5 Å². The van der Waals surface area contributed by atoms with Crippen molar-refractivity contribution in [2.45, 2.75) is 177 Å². The second-order valence-corrected chi connectivity index (χ2v) is 24.0. The first kappa shape index (κ1) is 58.0. The number of nitrogens with zero attached hydrogens (tertiary/aromatic N) is 4. The smallest absolute Gasteiger partial charge is 0.251 e. The van der Waals surface area contributed by atoms with Gasteiger partial charge in [0, 0.05) is 46.9 Å². The van der Waals surface area contributed by atoms with Gasteiger partial charge in [-0.25, -0.2) is 9.98 Å². The Kier molecular flexibility index (Phi) is 15.2. The third-order valence-electron chi connectivity index (χ3n) is 18.1. The van der Waals surface area contributed by atoms with Gasteiger partial charge in [0.15, 0.2) is 23.1 Å². The molecule has 0 saturated carbocycles. The van der Waals surface area contributed by atoms with Crippen molar-refractivity contribution < 1.29 is 57.8 Å². The SMILES string of the molecule is CCC1(CC)CC(=O)N([C@H]2c3cc(C(=O)N[C@@H]4c5ccccc5OC(C)(CCOCC5(C)Oc6ccc(C(=O)N[C@@H]7c8ccccc8OC(C)(C)[C@H]7O)cc6[C@@H]5N5C(=O)CC(CC)(CC)N=C5N)[C@H]4O)ccc3OC2(C)COC)C(N)=N1. The Morgan fingerprint density at radius 2 is 1.01 bits per heavy atom. The number of para-hydroxylation sites is 2. The van der Waals surface area contributed by atoms with Crippen molar-refractivity contribution in [2.24, 2.45) is 21.5 Å². The maximum Gasteiger partial charge on any atom is 0.251 e. The van der Waals surface area contributed by atoms with E-state index in [9.17, 15) is 29.4 Å². The molecule has 4 aromatic carbocycles. The van der Waals surface area contributed by atoms with Crippen LogP contribution in [0.25, 0.3) is 0 Å². The quantitative estimate of drug-likeness (QED) is 0.0580. The van der Waals surface area contributed by atoms with Crippen LogP contribution < -0.4 is 41.0 Å². The van der Waals surface area contributed by atoms with Gasteiger partial charge in [-0.1, -0.05) is 64.1 Å². The third kappa shape index (κ3) is 9.97. The number of fused-ring (bicyclic) bond motifs is 4. The van der Waals surface area contributed by atoms with Crippen molar-refractivity contribution in [1.29, 1.82) is 0 Å².